The first-order valence-corrected chi connectivity index (χ1v) is 9.99. The zero-order valence-electron chi connectivity index (χ0n) is 16.5. The maximum atomic E-state index is 12.1. The molecule has 1 saturated carbocycles. The topological polar surface area (TPSA) is 90.5 Å². The molecule has 1 aliphatic carbocycles. The number of oxazole rings is 1. The Morgan fingerprint density at radius 2 is 2.04 bits per heavy atom. The Kier molecular flexibility index (Phi) is 6.54. The van der Waals surface area contributed by atoms with Crippen LogP contribution in [0.3, 0.4) is 0 Å². The van der Waals surface area contributed by atoms with Crippen molar-refractivity contribution in [3.8, 4) is 0 Å². The second-order valence-corrected chi connectivity index (χ2v) is 7.69. The minimum atomic E-state index is -0.443. The van der Waals surface area contributed by atoms with Crippen LogP contribution in [-0.4, -0.2) is 29.1 Å². The summed E-state index contributed by atoms with van der Waals surface area (Å²) in [7, 11) is 0. The number of esters is 1. The van der Waals surface area contributed by atoms with Crippen LogP contribution in [0.5, 0.6) is 0 Å². The third-order valence-corrected chi connectivity index (χ3v) is 5.75. The minimum Gasteiger partial charge on any atom is -0.456 e. The lowest BCUT2D eigenvalue weighted by atomic mass is 9.78. The Morgan fingerprint density at radius 1 is 1.25 bits per heavy atom. The average Bonchev–Trinajstić information content (AvgIpc) is 2.99. The van der Waals surface area contributed by atoms with Crippen molar-refractivity contribution in [2.24, 2.45) is 11.8 Å². The van der Waals surface area contributed by atoms with E-state index in [2.05, 4.69) is 19.2 Å². The maximum Gasteiger partial charge on any atom is 0.419 e. The molecule has 1 aromatic heterocycles. The van der Waals surface area contributed by atoms with Gasteiger partial charge in [0.25, 0.3) is 5.91 Å². The van der Waals surface area contributed by atoms with E-state index in [0.717, 1.165) is 12.8 Å². The number of hydrogen-bond acceptors (Lipinski definition) is 5. The van der Waals surface area contributed by atoms with Gasteiger partial charge in [-0.3, -0.25) is 14.2 Å². The molecule has 7 nitrogen and oxygen atoms in total. The third-order valence-electron chi connectivity index (χ3n) is 5.75. The van der Waals surface area contributed by atoms with E-state index in [1.807, 2.05) is 6.07 Å². The zero-order valence-corrected chi connectivity index (χ0v) is 16.5. The first-order valence-electron chi connectivity index (χ1n) is 9.99. The van der Waals surface area contributed by atoms with Crippen molar-refractivity contribution in [2.75, 3.05) is 6.61 Å². The lowest BCUT2D eigenvalue weighted by molar-refractivity contribution is -0.149. The molecule has 1 N–H and O–H groups in total. The number of fused-ring (bicyclic) bond motifs is 1. The van der Waals surface area contributed by atoms with E-state index in [1.54, 1.807) is 18.2 Å². The maximum absolute atomic E-state index is 12.1. The van der Waals surface area contributed by atoms with Crippen LogP contribution in [0.2, 0.25) is 0 Å². The van der Waals surface area contributed by atoms with Crippen molar-refractivity contribution in [2.45, 2.75) is 58.5 Å². The van der Waals surface area contributed by atoms with Crippen LogP contribution < -0.4 is 11.1 Å². The minimum absolute atomic E-state index is 0.135. The fourth-order valence-corrected chi connectivity index (χ4v) is 3.86. The molecule has 3 unspecified atom stereocenters. The number of rotatable bonds is 7. The van der Waals surface area contributed by atoms with E-state index < -0.39 is 11.7 Å². The Bertz CT molecular complexity index is 884. The lowest BCUT2D eigenvalue weighted by Gasteiger charge is -2.34. The van der Waals surface area contributed by atoms with Gasteiger partial charge in [0.1, 0.15) is 0 Å². The molecule has 0 spiro atoms. The van der Waals surface area contributed by atoms with Crippen LogP contribution in [0.15, 0.2) is 33.5 Å². The molecule has 1 aromatic carbocycles. The summed E-state index contributed by atoms with van der Waals surface area (Å²) in [6.45, 7) is 4.46. The van der Waals surface area contributed by atoms with Gasteiger partial charge in [-0.2, -0.15) is 0 Å². The number of ether oxygens (including phenoxy) is 1. The number of nitrogens with zero attached hydrogens (tertiary/aromatic N) is 1. The SMILES string of the molecule is CC1CCCC(NC(=O)COC(=O)CCCn2c(=O)oc3ccccc32)C1C. The fraction of sp³-hybridized carbons (Fsp3) is 0.571. The Morgan fingerprint density at radius 3 is 2.86 bits per heavy atom. The first-order chi connectivity index (χ1) is 13.5. The molecule has 7 heteroatoms. The molecule has 3 atom stereocenters. The van der Waals surface area contributed by atoms with Gasteiger partial charge in [0.05, 0.1) is 5.52 Å². The smallest absolute Gasteiger partial charge is 0.419 e. The Balaban J connectivity index is 1.40. The molecule has 1 aliphatic rings. The van der Waals surface area contributed by atoms with E-state index in [-0.39, 0.29) is 25.0 Å². The summed E-state index contributed by atoms with van der Waals surface area (Å²) < 4.78 is 11.7. The normalized spacial score (nSPS) is 22.1. The first kappa shape index (κ1) is 20.2. The predicted octanol–water partition coefficient (Wildman–Crippen LogP) is 2.86. The third kappa shape index (κ3) is 4.82. The molecular formula is C21H28N2O5. The molecule has 152 valence electrons. The van der Waals surface area contributed by atoms with Crippen molar-refractivity contribution < 1.29 is 18.7 Å². The van der Waals surface area contributed by atoms with E-state index in [1.165, 1.54) is 11.0 Å². The van der Waals surface area contributed by atoms with Gasteiger partial charge in [-0.05, 0) is 36.8 Å². The van der Waals surface area contributed by atoms with Crippen molar-refractivity contribution >= 4 is 23.0 Å². The van der Waals surface area contributed by atoms with Crippen LogP contribution in [-0.2, 0) is 20.9 Å². The second-order valence-electron chi connectivity index (χ2n) is 7.69. The molecule has 3 rings (SSSR count). The number of hydrogen-bond donors (Lipinski definition) is 1. The number of aromatic nitrogens is 1. The number of benzene rings is 1. The molecule has 0 aliphatic heterocycles. The molecule has 0 saturated heterocycles. The number of aryl methyl sites for hydroxylation is 1. The average molecular weight is 388 g/mol. The Labute approximate surface area is 164 Å². The fourth-order valence-electron chi connectivity index (χ4n) is 3.86. The highest BCUT2D eigenvalue weighted by molar-refractivity contribution is 5.80. The van der Waals surface area contributed by atoms with Gasteiger partial charge in [0.15, 0.2) is 12.2 Å². The molecule has 1 heterocycles. The molecule has 0 bridgehead atoms. The summed E-state index contributed by atoms with van der Waals surface area (Å²) in [5.74, 6) is -0.123. The number of para-hydroxylation sites is 2. The Hall–Kier alpha value is -2.57. The number of carbonyl (C=O) groups is 2. The summed E-state index contributed by atoms with van der Waals surface area (Å²) >= 11 is 0. The van der Waals surface area contributed by atoms with Crippen LogP contribution in [0, 0.1) is 11.8 Å². The summed E-state index contributed by atoms with van der Waals surface area (Å²) in [6, 6.07) is 7.31. The number of carbonyl (C=O) groups excluding carboxylic acids is 2. The summed E-state index contributed by atoms with van der Waals surface area (Å²) in [6.07, 6.45) is 3.84. The molecule has 0 radical (unpaired) electrons. The highest BCUT2D eigenvalue weighted by atomic mass is 16.5. The van der Waals surface area contributed by atoms with Crippen molar-refractivity contribution in [3.63, 3.8) is 0 Å². The van der Waals surface area contributed by atoms with Gasteiger partial charge in [-0.1, -0.05) is 38.8 Å². The van der Waals surface area contributed by atoms with E-state index in [0.29, 0.717) is 35.9 Å². The van der Waals surface area contributed by atoms with Crippen molar-refractivity contribution in [3.05, 3.63) is 34.8 Å². The molecular weight excluding hydrogens is 360 g/mol. The van der Waals surface area contributed by atoms with Gasteiger partial charge < -0.3 is 14.5 Å². The van der Waals surface area contributed by atoms with Gasteiger partial charge in [0, 0.05) is 19.0 Å². The van der Waals surface area contributed by atoms with E-state index >= 15 is 0 Å². The molecule has 1 amide bonds. The van der Waals surface area contributed by atoms with Crippen LogP contribution in [0.1, 0.15) is 46.0 Å². The van der Waals surface area contributed by atoms with Crippen LogP contribution >= 0.6 is 0 Å². The lowest BCUT2D eigenvalue weighted by Crippen LogP contribution is -2.45. The van der Waals surface area contributed by atoms with Crippen LogP contribution in [0.4, 0.5) is 0 Å². The molecule has 1 fully saturated rings. The van der Waals surface area contributed by atoms with E-state index in [4.69, 9.17) is 9.15 Å². The number of amides is 1. The predicted molar refractivity (Wildman–Crippen MR) is 105 cm³/mol. The largest absolute Gasteiger partial charge is 0.456 e. The second kappa shape index (κ2) is 9.08. The zero-order chi connectivity index (χ0) is 20.1. The highest BCUT2D eigenvalue weighted by Gasteiger charge is 2.28. The van der Waals surface area contributed by atoms with Crippen molar-refractivity contribution in [1.82, 2.24) is 9.88 Å². The van der Waals surface area contributed by atoms with Gasteiger partial charge in [-0.25, -0.2) is 4.79 Å². The summed E-state index contributed by atoms with van der Waals surface area (Å²) in [5.41, 5.74) is 1.23. The molecule has 2 aromatic rings. The van der Waals surface area contributed by atoms with Gasteiger partial charge in [0.2, 0.25) is 0 Å². The summed E-state index contributed by atoms with van der Waals surface area (Å²) in [4.78, 5) is 35.9. The quantitative estimate of drug-likeness (QED) is 0.737. The summed E-state index contributed by atoms with van der Waals surface area (Å²) in [5, 5.41) is 2.99. The van der Waals surface area contributed by atoms with E-state index in [9.17, 15) is 14.4 Å². The van der Waals surface area contributed by atoms with Gasteiger partial charge in [-0.15, -0.1) is 0 Å². The monoisotopic (exact) mass is 388 g/mol. The van der Waals surface area contributed by atoms with Crippen LogP contribution in [0.25, 0.3) is 11.1 Å². The highest BCUT2D eigenvalue weighted by Crippen LogP contribution is 2.29. The van der Waals surface area contributed by atoms with Crippen molar-refractivity contribution in [1.29, 1.82) is 0 Å². The molecule has 28 heavy (non-hydrogen) atoms. The number of nitrogens with one attached hydrogen (secondary N) is 1. The standard InChI is InChI=1S/C21H28N2O5/c1-14-7-5-8-16(15(14)2)22-19(24)13-27-20(25)11-6-12-23-17-9-3-4-10-18(17)28-21(23)26/h3-4,9-10,14-16H,5-8,11-13H2,1-2H3,(H,22,24). The van der Waals surface area contributed by atoms with Gasteiger partial charge >= 0.3 is 11.7 Å².